The Kier molecular flexibility index (Phi) is 3.93. The van der Waals surface area contributed by atoms with E-state index < -0.39 is 0 Å². The Morgan fingerprint density at radius 2 is 1.84 bits per heavy atom. The van der Waals surface area contributed by atoms with Gasteiger partial charge in [0.15, 0.2) is 0 Å². The minimum Gasteiger partial charge on any atom is -0.316 e. The van der Waals surface area contributed by atoms with Gasteiger partial charge in [-0.05, 0) is 61.6 Å². The van der Waals surface area contributed by atoms with Gasteiger partial charge in [0.2, 0.25) is 0 Å². The number of nitrogens with one attached hydrogen (secondary N) is 1. The summed E-state index contributed by atoms with van der Waals surface area (Å²) < 4.78 is 0. The molecule has 1 heteroatoms. The van der Waals surface area contributed by atoms with Crippen molar-refractivity contribution in [2.75, 3.05) is 13.1 Å². The first kappa shape index (κ1) is 13.2. The van der Waals surface area contributed by atoms with Crippen LogP contribution in [0.4, 0.5) is 0 Å². The number of piperidine rings is 1. The molecule has 1 aliphatic heterocycles. The normalized spacial score (nSPS) is 35.4. The lowest BCUT2D eigenvalue weighted by molar-refractivity contribution is 0.0438. The number of hydrogen-bond donors (Lipinski definition) is 1. The third kappa shape index (κ3) is 2.86. The highest BCUT2D eigenvalue weighted by Gasteiger charge is 2.42. The molecule has 1 aromatic rings. The summed E-state index contributed by atoms with van der Waals surface area (Å²) in [5.74, 6) is 1.80. The van der Waals surface area contributed by atoms with E-state index >= 15 is 0 Å². The zero-order chi connectivity index (χ0) is 13.1. The van der Waals surface area contributed by atoms with Crippen LogP contribution in [0.2, 0.25) is 0 Å². The first-order valence-corrected chi connectivity index (χ1v) is 8.03. The average molecular weight is 257 g/mol. The highest BCUT2D eigenvalue weighted by molar-refractivity contribution is 5.16. The quantitative estimate of drug-likeness (QED) is 0.843. The fourth-order valence-electron chi connectivity index (χ4n) is 4.22. The van der Waals surface area contributed by atoms with Gasteiger partial charge >= 0.3 is 0 Å². The van der Waals surface area contributed by atoms with Crippen LogP contribution in [-0.2, 0) is 6.42 Å². The van der Waals surface area contributed by atoms with Crippen LogP contribution in [0.15, 0.2) is 30.3 Å². The molecule has 1 spiro atoms. The zero-order valence-electron chi connectivity index (χ0n) is 12.2. The van der Waals surface area contributed by atoms with E-state index in [1.807, 2.05) is 0 Å². The van der Waals surface area contributed by atoms with Crippen LogP contribution < -0.4 is 5.32 Å². The molecule has 0 aromatic heterocycles. The average Bonchev–Trinajstić information content (AvgIpc) is 2.46. The lowest BCUT2D eigenvalue weighted by Crippen LogP contribution is -2.47. The molecule has 1 heterocycles. The lowest BCUT2D eigenvalue weighted by atomic mass is 9.59. The molecule has 104 valence electrons. The monoisotopic (exact) mass is 257 g/mol. The Balaban J connectivity index is 1.74. The molecule has 1 unspecified atom stereocenters. The van der Waals surface area contributed by atoms with Crippen molar-refractivity contribution in [3.8, 4) is 0 Å². The molecule has 1 aliphatic carbocycles. The van der Waals surface area contributed by atoms with Crippen LogP contribution >= 0.6 is 0 Å². The maximum absolute atomic E-state index is 3.64. The summed E-state index contributed by atoms with van der Waals surface area (Å²) in [5, 5.41) is 3.64. The van der Waals surface area contributed by atoms with Gasteiger partial charge in [-0.25, -0.2) is 0 Å². The van der Waals surface area contributed by atoms with Crippen LogP contribution in [0, 0.1) is 17.3 Å². The molecule has 0 amide bonds. The molecule has 0 bridgehead atoms. The largest absolute Gasteiger partial charge is 0.316 e. The van der Waals surface area contributed by atoms with Crippen LogP contribution in [0.3, 0.4) is 0 Å². The Labute approximate surface area is 117 Å². The summed E-state index contributed by atoms with van der Waals surface area (Å²) in [6.45, 7) is 4.89. The fraction of sp³-hybridized carbons (Fsp3) is 0.667. The molecular weight excluding hydrogens is 230 g/mol. The van der Waals surface area contributed by atoms with Crippen molar-refractivity contribution in [1.82, 2.24) is 5.32 Å². The van der Waals surface area contributed by atoms with Gasteiger partial charge < -0.3 is 5.32 Å². The van der Waals surface area contributed by atoms with Crippen molar-refractivity contribution in [2.45, 2.75) is 45.4 Å². The predicted molar refractivity (Wildman–Crippen MR) is 81.2 cm³/mol. The molecule has 1 N–H and O–H groups in total. The maximum Gasteiger partial charge on any atom is -0.00120 e. The fourth-order valence-corrected chi connectivity index (χ4v) is 4.22. The van der Waals surface area contributed by atoms with Gasteiger partial charge in [0.05, 0.1) is 0 Å². The minimum atomic E-state index is 0.646. The second kappa shape index (κ2) is 5.66. The Morgan fingerprint density at radius 1 is 1.11 bits per heavy atom. The van der Waals surface area contributed by atoms with E-state index in [0.717, 1.165) is 11.8 Å². The molecular formula is C18H27N. The van der Waals surface area contributed by atoms with E-state index in [4.69, 9.17) is 0 Å². The van der Waals surface area contributed by atoms with E-state index in [1.54, 1.807) is 0 Å². The van der Waals surface area contributed by atoms with Crippen LogP contribution in [-0.4, -0.2) is 13.1 Å². The standard InChI is InChI=1S/C18H27N/c1-15-7-9-18(10-8-15)11-12-19-14-17(18)13-16-5-3-2-4-6-16/h2-6,15,17,19H,7-14H2,1H3. The summed E-state index contributed by atoms with van der Waals surface area (Å²) in [5.41, 5.74) is 2.17. The highest BCUT2D eigenvalue weighted by atomic mass is 14.9. The van der Waals surface area contributed by atoms with Crippen LogP contribution in [0.25, 0.3) is 0 Å². The van der Waals surface area contributed by atoms with Crippen LogP contribution in [0.5, 0.6) is 0 Å². The van der Waals surface area contributed by atoms with Crippen molar-refractivity contribution in [1.29, 1.82) is 0 Å². The summed E-state index contributed by atoms with van der Waals surface area (Å²) >= 11 is 0. The van der Waals surface area contributed by atoms with Gasteiger partial charge in [0.1, 0.15) is 0 Å². The highest BCUT2D eigenvalue weighted by Crippen LogP contribution is 2.49. The first-order chi connectivity index (χ1) is 9.28. The van der Waals surface area contributed by atoms with Crippen LogP contribution in [0.1, 0.15) is 44.6 Å². The molecule has 2 aliphatic rings. The van der Waals surface area contributed by atoms with Crippen molar-refractivity contribution in [2.24, 2.45) is 17.3 Å². The molecule has 0 radical (unpaired) electrons. The number of rotatable bonds is 2. The summed E-state index contributed by atoms with van der Waals surface area (Å²) in [6.07, 6.45) is 8.50. The van der Waals surface area contributed by atoms with E-state index in [1.165, 1.54) is 57.2 Å². The number of hydrogen-bond acceptors (Lipinski definition) is 1. The van der Waals surface area contributed by atoms with E-state index in [9.17, 15) is 0 Å². The molecule has 1 saturated heterocycles. The van der Waals surface area contributed by atoms with Crippen molar-refractivity contribution >= 4 is 0 Å². The summed E-state index contributed by atoms with van der Waals surface area (Å²) in [7, 11) is 0. The Bertz CT molecular complexity index is 389. The van der Waals surface area contributed by atoms with E-state index in [2.05, 4.69) is 42.6 Å². The molecule has 1 nitrogen and oxygen atoms in total. The molecule has 1 saturated carbocycles. The van der Waals surface area contributed by atoms with Gasteiger partial charge in [0, 0.05) is 0 Å². The lowest BCUT2D eigenvalue weighted by Gasteiger charge is -2.48. The van der Waals surface area contributed by atoms with E-state index in [-0.39, 0.29) is 0 Å². The van der Waals surface area contributed by atoms with Gasteiger partial charge in [-0.1, -0.05) is 50.1 Å². The Morgan fingerprint density at radius 3 is 2.58 bits per heavy atom. The predicted octanol–water partition coefficient (Wildman–Crippen LogP) is 4.04. The molecule has 2 fully saturated rings. The molecule has 1 atom stereocenters. The second-order valence-electron chi connectivity index (χ2n) is 6.89. The Hall–Kier alpha value is -0.820. The van der Waals surface area contributed by atoms with Crippen molar-refractivity contribution < 1.29 is 0 Å². The molecule has 19 heavy (non-hydrogen) atoms. The molecule has 3 rings (SSSR count). The maximum atomic E-state index is 3.64. The minimum absolute atomic E-state index is 0.646. The second-order valence-corrected chi connectivity index (χ2v) is 6.89. The smallest absolute Gasteiger partial charge is 0.00120 e. The van der Waals surface area contributed by atoms with Crippen molar-refractivity contribution in [3.05, 3.63) is 35.9 Å². The van der Waals surface area contributed by atoms with E-state index in [0.29, 0.717) is 5.41 Å². The summed E-state index contributed by atoms with van der Waals surface area (Å²) in [4.78, 5) is 0. The number of benzene rings is 1. The van der Waals surface area contributed by atoms with Crippen molar-refractivity contribution in [3.63, 3.8) is 0 Å². The molecule has 1 aromatic carbocycles. The third-order valence-corrected chi connectivity index (χ3v) is 5.65. The van der Waals surface area contributed by atoms with Gasteiger partial charge in [0.25, 0.3) is 0 Å². The topological polar surface area (TPSA) is 12.0 Å². The SMILES string of the molecule is CC1CCC2(CCNCC2Cc2ccccc2)CC1. The summed E-state index contributed by atoms with van der Waals surface area (Å²) in [6, 6.07) is 11.1. The first-order valence-electron chi connectivity index (χ1n) is 8.03. The zero-order valence-corrected chi connectivity index (χ0v) is 12.2. The van der Waals surface area contributed by atoms with Gasteiger partial charge in [-0.3, -0.25) is 0 Å². The van der Waals surface area contributed by atoms with Gasteiger partial charge in [-0.15, -0.1) is 0 Å². The van der Waals surface area contributed by atoms with Gasteiger partial charge in [-0.2, -0.15) is 0 Å². The third-order valence-electron chi connectivity index (χ3n) is 5.65.